The van der Waals surface area contributed by atoms with Crippen molar-refractivity contribution in [1.82, 2.24) is 9.88 Å². The lowest BCUT2D eigenvalue weighted by Crippen LogP contribution is -2.37. The number of nitrogens with zero attached hydrogens (tertiary/aromatic N) is 2. The molecular formula is C32H42FN3O5. The van der Waals surface area contributed by atoms with Crippen molar-refractivity contribution in [3.05, 3.63) is 58.0 Å². The van der Waals surface area contributed by atoms with Crippen molar-refractivity contribution in [1.29, 1.82) is 0 Å². The number of ether oxygens (including phenoxy) is 3. The number of rotatable bonds is 10. The molecule has 0 saturated carbocycles. The van der Waals surface area contributed by atoms with E-state index in [1.54, 1.807) is 0 Å². The summed E-state index contributed by atoms with van der Waals surface area (Å²) in [7, 11) is 0. The number of hydrogen-bond acceptors (Lipinski definition) is 7. The number of pyridine rings is 1. The molecule has 2 unspecified atom stereocenters. The number of fused-ring (bicyclic) bond motifs is 2. The van der Waals surface area contributed by atoms with Crippen molar-refractivity contribution in [2.45, 2.75) is 82.6 Å². The fourth-order valence-electron chi connectivity index (χ4n) is 6.96. The van der Waals surface area contributed by atoms with E-state index in [1.807, 2.05) is 4.90 Å². The van der Waals surface area contributed by atoms with Crippen LogP contribution in [0.25, 0.3) is 0 Å². The SMILES string of the molecule is O=C(O)C(c1cc(F)cc2c1CC(C1CCOCC1)OC2)N1CC[C@@H](OCCCCc2ccc3c(n2)NCCC3)C1. The van der Waals surface area contributed by atoms with Gasteiger partial charge in [0.2, 0.25) is 0 Å². The van der Waals surface area contributed by atoms with Gasteiger partial charge in [0.25, 0.3) is 0 Å². The van der Waals surface area contributed by atoms with E-state index in [0.717, 1.165) is 93.8 Å². The highest BCUT2D eigenvalue weighted by atomic mass is 19.1. The largest absolute Gasteiger partial charge is 0.480 e. The normalized spacial score (nSPS) is 23.9. The summed E-state index contributed by atoms with van der Waals surface area (Å²) in [5, 5.41) is 13.7. The first kappa shape index (κ1) is 28.5. The van der Waals surface area contributed by atoms with E-state index in [-0.39, 0.29) is 12.2 Å². The summed E-state index contributed by atoms with van der Waals surface area (Å²) in [4.78, 5) is 19.4. The number of aryl methyl sites for hydroxylation is 2. The third-order valence-corrected chi connectivity index (χ3v) is 9.19. The van der Waals surface area contributed by atoms with Crippen LogP contribution in [-0.4, -0.2) is 72.6 Å². The van der Waals surface area contributed by atoms with Crippen molar-refractivity contribution >= 4 is 11.8 Å². The van der Waals surface area contributed by atoms with Crippen LogP contribution in [0.2, 0.25) is 0 Å². The highest BCUT2D eigenvalue weighted by molar-refractivity contribution is 5.76. The number of carbonyl (C=O) groups is 1. The van der Waals surface area contributed by atoms with Crippen LogP contribution in [0.15, 0.2) is 24.3 Å². The van der Waals surface area contributed by atoms with Crippen molar-refractivity contribution in [2.75, 3.05) is 44.8 Å². The van der Waals surface area contributed by atoms with Crippen LogP contribution in [0.3, 0.4) is 0 Å². The van der Waals surface area contributed by atoms with Crippen LogP contribution in [0.4, 0.5) is 10.2 Å². The molecule has 0 amide bonds. The maximum Gasteiger partial charge on any atom is 0.325 e. The molecule has 2 N–H and O–H groups in total. The topological polar surface area (TPSA) is 93.2 Å². The molecule has 41 heavy (non-hydrogen) atoms. The van der Waals surface area contributed by atoms with Crippen molar-refractivity contribution in [3.8, 4) is 0 Å². The van der Waals surface area contributed by atoms with Crippen LogP contribution in [0.1, 0.15) is 72.5 Å². The summed E-state index contributed by atoms with van der Waals surface area (Å²) in [6.45, 7) is 4.53. The Morgan fingerprint density at radius 3 is 2.93 bits per heavy atom. The summed E-state index contributed by atoms with van der Waals surface area (Å²) >= 11 is 0. The maximum absolute atomic E-state index is 14.7. The number of carboxylic acids is 1. The molecule has 222 valence electrons. The average Bonchev–Trinajstić information content (AvgIpc) is 3.45. The van der Waals surface area contributed by atoms with Crippen LogP contribution in [-0.2, 0) is 44.9 Å². The van der Waals surface area contributed by atoms with Gasteiger partial charge in [-0.15, -0.1) is 0 Å². The lowest BCUT2D eigenvalue weighted by molar-refractivity contribution is -0.143. The molecule has 5 heterocycles. The standard InChI is InChI=1S/C32H42FN3O5/c33-24-16-23-20-41-29(21-9-14-39-15-10-21)18-27(23)28(17-24)30(32(37)38)36-12-8-26(19-36)40-13-2-1-5-25-7-6-22-4-3-11-34-31(22)35-25/h6-7,16-17,21,26,29-30H,1-5,8-15,18-20H2,(H,34,35)(H,37,38)/t26-,29?,30?/m1/s1. The Bertz CT molecular complexity index is 1220. The molecule has 4 aliphatic heterocycles. The van der Waals surface area contributed by atoms with Crippen LogP contribution >= 0.6 is 0 Å². The van der Waals surface area contributed by atoms with Gasteiger partial charge in [-0.25, -0.2) is 9.37 Å². The van der Waals surface area contributed by atoms with Gasteiger partial charge in [0.1, 0.15) is 17.7 Å². The molecule has 2 saturated heterocycles. The second-order valence-corrected chi connectivity index (χ2v) is 12.0. The van der Waals surface area contributed by atoms with Gasteiger partial charge in [-0.1, -0.05) is 6.07 Å². The molecule has 8 nitrogen and oxygen atoms in total. The number of hydrogen-bond donors (Lipinski definition) is 2. The zero-order valence-electron chi connectivity index (χ0n) is 23.8. The van der Waals surface area contributed by atoms with E-state index in [2.05, 4.69) is 17.4 Å². The zero-order valence-corrected chi connectivity index (χ0v) is 23.8. The quantitative estimate of drug-likeness (QED) is 0.400. The first-order valence-electron chi connectivity index (χ1n) is 15.4. The van der Waals surface area contributed by atoms with Gasteiger partial charge in [-0.3, -0.25) is 9.69 Å². The van der Waals surface area contributed by atoms with Gasteiger partial charge in [0.05, 0.1) is 18.8 Å². The van der Waals surface area contributed by atoms with E-state index in [4.69, 9.17) is 19.2 Å². The summed E-state index contributed by atoms with van der Waals surface area (Å²) < 4.78 is 32.6. The summed E-state index contributed by atoms with van der Waals surface area (Å²) in [5.74, 6) is 0.0616. The van der Waals surface area contributed by atoms with Gasteiger partial charge in [-0.05, 0) is 104 Å². The first-order chi connectivity index (χ1) is 20.0. The van der Waals surface area contributed by atoms with Gasteiger partial charge in [0, 0.05) is 45.1 Å². The molecule has 6 rings (SSSR count). The molecule has 2 fully saturated rings. The van der Waals surface area contributed by atoms with Crippen LogP contribution in [0, 0.1) is 11.7 Å². The Morgan fingerprint density at radius 2 is 2.07 bits per heavy atom. The van der Waals surface area contributed by atoms with E-state index >= 15 is 0 Å². The minimum atomic E-state index is -0.945. The molecule has 0 radical (unpaired) electrons. The molecule has 9 heteroatoms. The second kappa shape index (κ2) is 13.2. The average molecular weight is 568 g/mol. The predicted octanol–water partition coefficient (Wildman–Crippen LogP) is 4.69. The maximum atomic E-state index is 14.7. The molecule has 2 aromatic rings. The number of aliphatic carboxylic acids is 1. The number of unbranched alkanes of at least 4 members (excludes halogenated alkanes) is 1. The van der Waals surface area contributed by atoms with Gasteiger partial charge >= 0.3 is 5.97 Å². The van der Waals surface area contributed by atoms with Crippen LogP contribution in [0.5, 0.6) is 0 Å². The Morgan fingerprint density at radius 1 is 1.20 bits per heavy atom. The van der Waals surface area contributed by atoms with Crippen molar-refractivity contribution in [3.63, 3.8) is 0 Å². The number of anilines is 1. The monoisotopic (exact) mass is 567 g/mol. The Hall–Kier alpha value is -2.59. The summed E-state index contributed by atoms with van der Waals surface area (Å²) in [6, 6.07) is 6.37. The van der Waals surface area contributed by atoms with Crippen molar-refractivity contribution < 1.29 is 28.5 Å². The van der Waals surface area contributed by atoms with Gasteiger partial charge in [-0.2, -0.15) is 0 Å². The molecule has 0 aliphatic carbocycles. The second-order valence-electron chi connectivity index (χ2n) is 12.0. The minimum Gasteiger partial charge on any atom is -0.480 e. The molecule has 0 bridgehead atoms. The molecular weight excluding hydrogens is 525 g/mol. The highest BCUT2D eigenvalue weighted by Crippen LogP contribution is 2.37. The Labute approximate surface area is 241 Å². The summed E-state index contributed by atoms with van der Waals surface area (Å²) in [6.07, 6.45) is 8.33. The molecule has 4 aliphatic rings. The number of nitrogens with one attached hydrogen (secondary N) is 1. The van der Waals surface area contributed by atoms with Crippen molar-refractivity contribution in [2.24, 2.45) is 5.92 Å². The fourth-order valence-corrected chi connectivity index (χ4v) is 6.96. The smallest absolute Gasteiger partial charge is 0.325 e. The number of benzene rings is 1. The van der Waals surface area contributed by atoms with E-state index in [1.165, 1.54) is 17.7 Å². The number of carboxylic acid groups (broad SMARTS) is 1. The third kappa shape index (κ3) is 6.74. The van der Waals surface area contributed by atoms with E-state index in [9.17, 15) is 14.3 Å². The lowest BCUT2D eigenvalue weighted by atomic mass is 9.83. The Balaban J connectivity index is 1.04. The Kier molecular flexibility index (Phi) is 9.15. The van der Waals surface area contributed by atoms with E-state index < -0.39 is 17.8 Å². The first-order valence-corrected chi connectivity index (χ1v) is 15.4. The zero-order chi connectivity index (χ0) is 28.2. The van der Waals surface area contributed by atoms with Gasteiger partial charge < -0.3 is 24.6 Å². The number of likely N-dealkylation sites (tertiary alicyclic amines) is 1. The number of aromatic nitrogens is 1. The highest BCUT2D eigenvalue weighted by Gasteiger charge is 2.38. The van der Waals surface area contributed by atoms with Gasteiger partial charge in [0.15, 0.2) is 0 Å². The molecule has 0 spiro atoms. The minimum absolute atomic E-state index is 0.00693. The number of halogens is 1. The predicted molar refractivity (Wildman–Crippen MR) is 153 cm³/mol. The van der Waals surface area contributed by atoms with E-state index in [0.29, 0.717) is 44.2 Å². The lowest BCUT2D eigenvalue weighted by Gasteiger charge is -2.36. The fraction of sp³-hybridized carbons (Fsp3) is 0.625. The molecule has 1 aromatic carbocycles. The summed E-state index contributed by atoms with van der Waals surface area (Å²) in [5.41, 5.74) is 4.69. The van der Waals surface area contributed by atoms with Crippen LogP contribution < -0.4 is 5.32 Å². The molecule has 3 atom stereocenters. The third-order valence-electron chi connectivity index (χ3n) is 9.19. The molecule has 1 aromatic heterocycles.